The van der Waals surface area contributed by atoms with Crippen LogP contribution < -0.4 is 14.8 Å². The summed E-state index contributed by atoms with van der Waals surface area (Å²) in [7, 11) is -4.20. The molecule has 1 saturated heterocycles. The maximum absolute atomic E-state index is 14.2. The lowest BCUT2D eigenvalue weighted by Crippen LogP contribution is -2.51. The van der Waals surface area contributed by atoms with Gasteiger partial charge in [0, 0.05) is 36.4 Å². The summed E-state index contributed by atoms with van der Waals surface area (Å²) in [4.78, 5) is 37.9. The molecule has 240 valence electrons. The van der Waals surface area contributed by atoms with Crippen molar-refractivity contribution in [3.8, 4) is 17.1 Å². The highest BCUT2D eigenvalue weighted by molar-refractivity contribution is 7.92. The molecule has 2 aliphatic heterocycles. The number of nitrogens with one attached hydrogen (secondary N) is 2. The Kier molecular flexibility index (Phi) is 9.45. The van der Waals surface area contributed by atoms with Gasteiger partial charge in [-0.2, -0.15) is 4.98 Å². The molecule has 0 unspecified atom stereocenters. The van der Waals surface area contributed by atoms with Crippen molar-refractivity contribution in [2.24, 2.45) is 5.41 Å². The molecule has 2 amide bonds. The minimum absolute atomic E-state index is 0.0165. The van der Waals surface area contributed by atoms with Crippen molar-refractivity contribution >= 4 is 27.8 Å². The number of amides is 2. The molecular formula is C33H41N5O6S. The van der Waals surface area contributed by atoms with E-state index in [1.54, 1.807) is 12.1 Å². The van der Waals surface area contributed by atoms with Gasteiger partial charge in [-0.15, -0.1) is 0 Å². The zero-order chi connectivity index (χ0) is 32.4. The van der Waals surface area contributed by atoms with E-state index in [9.17, 15) is 18.0 Å². The minimum atomic E-state index is -4.20. The number of rotatable bonds is 5. The first kappa shape index (κ1) is 32.4. The number of nitrogens with zero attached hydrogens (tertiary/aromatic N) is 3. The Balaban J connectivity index is 1.60. The third-order valence-electron chi connectivity index (χ3n) is 7.93. The highest BCUT2D eigenvalue weighted by atomic mass is 32.2. The van der Waals surface area contributed by atoms with Crippen LogP contribution in [0.5, 0.6) is 5.88 Å². The standard InChI is InChI=1S/C33H41N5O6S/c1-21-8-6-9-22(2)30(21)27-17-29-36-32(35-27)37-45(41,42)26-11-7-10-23(16-26)31(40)38(25(20-44-29)18-33(3,4)5)19-28(39)34-24-12-14-43-15-13-24/h6-11,16-17,24-25H,12-15,18-20H2,1-5H3,(H,34,39)(H,35,36,37)/t25-/m1/s1. The number of hydrogen-bond acceptors (Lipinski definition) is 8. The maximum Gasteiger partial charge on any atom is 0.264 e. The summed E-state index contributed by atoms with van der Waals surface area (Å²) in [5.41, 5.74) is 3.13. The molecule has 2 aliphatic rings. The highest BCUT2D eigenvalue weighted by Crippen LogP contribution is 2.31. The summed E-state index contributed by atoms with van der Waals surface area (Å²) in [6, 6.07) is 12.7. The van der Waals surface area contributed by atoms with Crippen molar-refractivity contribution in [1.82, 2.24) is 20.2 Å². The normalized spacial score (nSPS) is 18.9. The van der Waals surface area contributed by atoms with E-state index in [2.05, 4.69) is 40.8 Å². The second-order valence-corrected chi connectivity index (χ2v) is 14.6. The van der Waals surface area contributed by atoms with E-state index in [0.29, 0.717) is 38.2 Å². The summed E-state index contributed by atoms with van der Waals surface area (Å²) in [6.45, 7) is 11.0. The topological polar surface area (TPSA) is 140 Å². The molecule has 3 aromatic rings. The SMILES string of the molecule is Cc1cccc(C)c1-c1cc2nc(n1)NS(=O)(=O)c1cccc(c1)C(=O)N(CC(=O)NC1CCOCC1)[C@H](CC(C)(C)C)CO2. The van der Waals surface area contributed by atoms with Gasteiger partial charge < -0.3 is 19.7 Å². The Morgan fingerprint density at radius 1 is 1.04 bits per heavy atom. The second kappa shape index (κ2) is 13.1. The van der Waals surface area contributed by atoms with Gasteiger partial charge in [0.05, 0.1) is 16.6 Å². The predicted molar refractivity (Wildman–Crippen MR) is 171 cm³/mol. The van der Waals surface area contributed by atoms with Crippen molar-refractivity contribution in [1.29, 1.82) is 0 Å². The molecule has 5 rings (SSSR count). The Morgan fingerprint density at radius 2 is 1.73 bits per heavy atom. The number of carbonyl (C=O) groups is 2. The fraction of sp³-hybridized carbons (Fsp3) is 0.455. The summed E-state index contributed by atoms with van der Waals surface area (Å²) < 4.78 is 41.3. The summed E-state index contributed by atoms with van der Waals surface area (Å²) in [5, 5.41) is 3.05. The lowest BCUT2D eigenvalue weighted by atomic mass is 9.87. The summed E-state index contributed by atoms with van der Waals surface area (Å²) in [5.74, 6) is -0.781. The molecule has 1 atom stereocenters. The van der Waals surface area contributed by atoms with Crippen molar-refractivity contribution < 1.29 is 27.5 Å². The van der Waals surface area contributed by atoms with E-state index >= 15 is 0 Å². The Hall–Kier alpha value is -4.03. The van der Waals surface area contributed by atoms with Crippen LogP contribution in [-0.2, 0) is 19.6 Å². The zero-order valence-electron chi connectivity index (χ0n) is 26.4. The van der Waals surface area contributed by atoms with Gasteiger partial charge in [0.15, 0.2) is 0 Å². The van der Waals surface area contributed by atoms with Gasteiger partial charge in [-0.3, -0.25) is 9.59 Å². The molecule has 0 radical (unpaired) electrons. The Morgan fingerprint density at radius 3 is 2.42 bits per heavy atom. The average molecular weight is 636 g/mol. The van der Waals surface area contributed by atoms with E-state index in [1.807, 2.05) is 32.0 Å². The van der Waals surface area contributed by atoms with Gasteiger partial charge in [-0.05, 0) is 67.9 Å². The number of benzene rings is 2. The van der Waals surface area contributed by atoms with Crippen molar-refractivity contribution in [2.45, 2.75) is 70.9 Å². The highest BCUT2D eigenvalue weighted by Gasteiger charge is 2.33. The lowest BCUT2D eigenvalue weighted by molar-refractivity contribution is -0.123. The van der Waals surface area contributed by atoms with Crippen molar-refractivity contribution in [3.63, 3.8) is 0 Å². The smallest absolute Gasteiger partial charge is 0.264 e. The van der Waals surface area contributed by atoms with Gasteiger partial charge in [-0.25, -0.2) is 18.1 Å². The summed E-state index contributed by atoms with van der Waals surface area (Å²) >= 11 is 0. The molecule has 0 saturated carbocycles. The first-order chi connectivity index (χ1) is 21.3. The largest absolute Gasteiger partial charge is 0.475 e. The fourth-order valence-electron chi connectivity index (χ4n) is 5.82. The molecule has 45 heavy (non-hydrogen) atoms. The van der Waals surface area contributed by atoms with Crippen LogP contribution >= 0.6 is 0 Å². The van der Waals surface area contributed by atoms with E-state index < -0.39 is 22.0 Å². The molecule has 2 aromatic carbocycles. The second-order valence-electron chi connectivity index (χ2n) is 12.9. The first-order valence-electron chi connectivity index (χ1n) is 15.2. The Bertz CT molecular complexity index is 1660. The monoisotopic (exact) mass is 635 g/mol. The van der Waals surface area contributed by atoms with E-state index in [1.165, 1.54) is 23.1 Å². The van der Waals surface area contributed by atoms with Crippen LogP contribution in [0.2, 0.25) is 0 Å². The molecule has 0 aliphatic carbocycles. The molecule has 4 bridgehead atoms. The van der Waals surface area contributed by atoms with Gasteiger partial charge in [0.25, 0.3) is 15.9 Å². The van der Waals surface area contributed by atoms with E-state index in [0.717, 1.165) is 16.7 Å². The molecule has 3 heterocycles. The average Bonchev–Trinajstić information content (AvgIpc) is 2.97. The molecule has 0 spiro atoms. The van der Waals surface area contributed by atoms with Crippen LogP contribution in [-0.4, -0.2) is 73.5 Å². The number of sulfonamides is 1. The number of aromatic nitrogens is 2. The van der Waals surface area contributed by atoms with Gasteiger partial charge >= 0.3 is 0 Å². The van der Waals surface area contributed by atoms with Gasteiger partial charge in [-0.1, -0.05) is 45.0 Å². The zero-order valence-corrected chi connectivity index (χ0v) is 27.2. The third-order valence-corrected chi connectivity index (χ3v) is 9.26. The lowest BCUT2D eigenvalue weighted by Gasteiger charge is -2.35. The number of aryl methyl sites for hydroxylation is 2. The first-order valence-corrected chi connectivity index (χ1v) is 16.7. The fourth-order valence-corrected chi connectivity index (χ4v) is 6.81. The van der Waals surface area contributed by atoms with Crippen LogP contribution in [0, 0.1) is 19.3 Å². The Labute approximate surface area is 264 Å². The van der Waals surface area contributed by atoms with Crippen LogP contribution in [0.4, 0.5) is 5.95 Å². The predicted octanol–water partition coefficient (Wildman–Crippen LogP) is 4.50. The summed E-state index contributed by atoms with van der Waals surface area (Å²) in [6.07, 6.45) is 1.89. The molecule has 12 heteroatoms. The van der Waals surface area contributed by atoms with Gasteiger partial charge in [0.1, 0.15) is 13.2 Å². The molecule has 1 aromatic heterocycles. The number of ether oxygens (including phenoxy) is 2. The quantitative estimate of drug-likeness (QED) is 0.418. The van der Waals surface area contributed by atoms with Gasteiger partial charge in [0.2, 0.25) is 17.7 Å². The number of carbonyl (C=O) groups excluding carboxylic acids is 2. The van der Waals surface area contributed by atoms with Crippen molar-refractivity contribution in [3.05, 3.63) is 65.2 Å². The molecule has 1 fully saturated rings. The van der Waals surface area contributed by atoms with Crippen LogP contribution in [0.3, 0.4) is 0 Å². The third kappa shape index (κ3) is 7.98. The number of anilines is 1. The maximum atomic E-state index is 14.2. The molecular weight excluding hydrogens is 594 g/mol. The van der Waals surface area contributed by atoms with Crippen LogP contribution in [0.15, 0.2) is 53.4 Å². The minimum Gasteiger partial charge on any atom is -0.475 e. The molecule has 2 N–H and O–H groups in total. The van der Waals surface area contributed by atoms with E-state index in [4.69, 9.17) is 9.47 Å². The molecule has 11 nitrogen and oxygen atoms in total. The van der Waals surface area contributed by atoms with Crippen LogP contribution in [0.25, 0.3) is 11.3 Å². The number of fused-ring (bicyclic) bond motifs is 4. The van der Waals surface area contributed by atoms with Crippen LogP contribution in [0.1, 0.15) is 61.5 Å². The number of hydrogen-bond donors (Lipinski definition) is 2. The van der Waals surface area contributed by atoms with E-state index in [-0.39, 0.29) is 52.8 Å². The van der Waals surface area contributed by atoms with Crippen molar-refractivity contribution in [2.75, 3.05) is 31.1 Å².